The molecule has 0 N–H and O–H groups in total. The van der Waals surface area contributed by atoms with E-state index >= 15 is 0 Å². The number of carbonyl (C=O) groups excluding carboxylic acids is 1. The number of methoxy groups -OCH3 is 1. The van der Waals surface area contributed by atoms with Crippen molar-refractivity contribution in [2.24, 2.45) is 0 Å². The second kappa shape index (κ2) is 10.3. The summed E-state index contributed by atoms with van der Waals surface area (Å²) in [4.78, 5) is 17.2. The summed E-state index contributed by atoms with van der Waals surface area (Å²) in [6.45, 7) is 7.61. The lowest BCUT2D eigenvalue weighted by Gasteiger charge is -2.35. The van der Waals surface area contributed by atoms with Gasteiger partial charge in [0.15, 0.2) is 0 Å². The molecule has 1 heterocycles. The molecule has 0 spiro atoms. The monoisotopic (exact) mass is 445 g/mol. The Labute approximate surface area is 185 Å². The van der Waals surface area contributed by atoms with Gasteiger partial charge in [-0.15, -0.1) is 0 Å². The Morgan fingerprint density at radius 3 is 2.35 bits per heavy atom. The fourth-order valence-corrected chi connectivity index (χ4v) is 5.32. The molecular weight excluding hydrogens is 414 g/mol. The van der Waals surface area contributed by atoms with E-state index in [1.165, 1.54) is 11.4 Å². The van der Waals surface area contributed by atoms with Gasteiger partial charge in [0.2, 0.25) is 15.9 Å². The number of ether oxygens (including phenoxy) is 1. The predicted molar refractivity (Wildman–Crippen MR) is 120 cm³/mol. The maximum Gasteiger partial charge on any atom is 0.247 e. The molecule has 0 unspecified atom stereocenters. The van der Waals surface area contributed by atoms with E-state index in [-0.39, 0.29) is 29.6 Å². The highest BCUT2D eigenvalue weighted by Gasteiger charge is 2.32. The van der Waals surface area contributed by atoms with Crippen LogP contribution in [0.4, 0.5) is 0 Å². The van der Waals surface area contributed by atoms with Gasteiger partial charge in [-0.1, -0.05) is 43.3 Å². The number of amides is 1. The molecule has 31 heavy (non-hydrogen) atoms. The standard InChI is InChI=1S/C23H31N3O4S/c1-4-24-12-14-25(15-13-24)23(27)18-26(17-20-8-6-5-7-9-20)31(28,29)22-16-19(2)10-11-21(22)30-3/h5-11,16H,4,12-15,17-18H2,1-3H3. The van der Waals surface area contributed by atoms with Crippen LogP contribution in [0.15, 0.2) is 53.4 Å². The number of likely N-dealkylation sites (N-methyl/N-ethyl adjacent to an activating group) is 1. The molecule has 7 nitrogen and oxygen atoms in total. The molecule has 0 atom stereocenters. The Balaban J connectivity index is 1.89. The van der Waals surface area contributed by atoms with Crippen LogP contribution in [0.5, 0.6) is 5.75 Å². The van der Waals surface area contributed by atoms with Crippen molar-refractivity contribution in [2.75, 3.05) is 46.4 Å². The van der Waals surface area contributed by atoms with Crippen LogP contribution in [0.3, 0.4) is 0 Å². The molecule has 2 aromatic carbocycles. The molecule has 8 heteroatoms. The van der Waals surface area contributed by atoms with Gasteiger partial charge in [0.1, 0.15) is 10.6 Å². The van der Waals surface area contributed by atoms with Gasteiger partial charge in [-0.25, -0.2) is 8.42 Å². The number of hydrogen-bond acceptors (Lipinski definition) is 5. The van der Waals surface area contributed by atoms with Gasteiger partial charge < -0.3 is 14.5 Å². The predicted octanol–water partition coefficient (Wildman–Crippen LogP) is 2.36. The topological polar surface area (TPSA) is 70.2 Å². The number of sulfonamides is 1. The van der Waals surface area contributed by atoms with Crippen LogP contribution < -0.4 is 4.74 Å². The van der Waals surface area contributed by atoms with E-state index in [9.17, 15) is 13.2 Å². The summed E-state index contributed by atoms with van der Waals surface area (Å²) in [7, 11) is -2.52. The molecule has 1 amide bonds. The average Bonchev–Trinajstić information content (AvgIpc) is 2.79. The first-order valence-electron chi connectivity index (χ1n) is 10.5. The smallest absolute Gasteiger partial charge is 0.247 e. The van der Waals surface area contributed by atoms with Crippen molar-refractivity contribution >= 4 is 15.9 Å². The minimum atomic E-state index is -3.96. The maximum absolute atomic E-state index is 13.7. The van der Waals surface area contributed by atoms with E-state index in [0.717, 1.165) is 30.8 Å². The Morgan fingerprint density at radius 2 is 1.74 bits per heavy atom. The molecule has 0 aliphatic carbocycles. The van der Waals surface area contributed by atoms with E-state index in [2.05, 4.69) is 11.8 Å². The summed E-state index contributed by atoms with van der Waals surface area (Å²) in [6.07, 6.45) is 0. The Hall–Kier alpha value is -2.42. The van der Waals surface area contributed by atoms with Gasteiger partial charge in [-0.2, -0.15) is 4.31 Å². The first-order chi connectivity index (χ1) is 14.8. The molecule has 1 aliphatic heterocycles. The number of hydrogen-bond donors (Lipinski definition) is 0. The molecule has 1 fully saturated rings. The van der Waals surface area contributed by atoms with Gasteiger partial charge >= 0.3 is 0 Å². The minimum absolute atomic E-state index is 0.0783. The van der Waals surface area contributed by atoms with Gasteiger partial charge in [-0.05, 0) is 36.7 Å². The van der Waals surface area contributed by atoms with Crippen LogP contribution in [0.25, 0.3) is 0 Å². The third-order valence-electron chi connectivity index (χ3n) is 5.62. The molecule has 0 aromatic heterocycles. The van der Waals surface area contributed by atoms with E-state index in [4.69, 9.17) is 4.74 Å². The Bertz CT molecular complexity index is 987. The van der Waals surface area contributed by atoms with Crippen LogP contribution in [-0.4, -0.2) is 74.8 Å². The summed E-state index contributed by atoms with van der Waals surface area (Å²) in [5.74, 6) is 0.0922. The first kappa shape index (κ1) is 23.2. The van der Waals surface area contributed by atoms with Crippen LogP contribution in [0.1, 0.15) is 18.1 Å². The lowest BCUT2D eigenvalue weighted by atomic mass is 10.2. The number of benzene rings is 2. The first-order valence-corrected chi connectivity index (χ1v) is 12.0. The molecule has 0 radical (unpaired) electrons. The second-order valence-corrected chi connectivity index (χ2v) is 9.63. The number of piperazine rings is 1. The fourth-order valence-electron chi connectivity index (χ4n) is 3.70. The lowest BCUT2D eigenvalue weighted by molar-refractivity contribution is -0.133. The van der Waals surface area contributed by atoms with E-state index in [1.807, 2.05) is 37.3 Å². The van der Waals surface area contributed by atoms with Crippen molar-refractivity contribution in [2.45, 2.75) is 25.3 Å². The number of aryl methyl sites for hydroxylation is 1. The Morgan fingerprint density at radius 1 is 1.06 bits per heavy atom. The van der Waals surface area contributed by atoms with Crippen LogP contribution in [0.2, 0.25) is 0 Å². The third-order valence-corrected chi connectivity index (χ3v) is 7.44. The molecule has 0 bridgehead atoms. The van der Waals surface area contributed by atoms with Crippen molar-refractivity contribution in [1.29, 1.82) is 0 Å². The summed E-state index contributed by atoms with van der Waals surface area (Å²) < 4.78 is 33.9. The van der Waals surface area contributed by atoms with Crippen molar-refractivity contribution in [3.63, 3.8) is 0 Å². The molecular formula is C23H31N3O4S. The maximum atomic E-state index is 13.7. The molecule has 1 aliphatic rings. The van der Waals surface area contributed by atoms with Crippen molar-refractivity contribution in [3.05, 3.63) is 59.7 Å². The zero-order valence-electron chi connectivity index (χ0n) is 18.5. The minimum Gasteiger partial charge on any atom is -0.495 e. The van der Waals surface area contributed by atoms with Crippen LogP contribution in [0, 0.1) is 6.92 Å². The number of carbonyl (C=O) groups is 1. The van der Waals surface area contributed by atoms with Crippen molar-refractivity contribution in [3.8, 4) is 5.75 Å². The summed E-state index contributed by atoms with van der Waals surface area (Å²) >= 11 is 0. The highest BCUT2D eigenvalue weighted by atomic mass is 32.2. The molecule has 168 valence electrons. The molecule has 3 rings (SSSR count). The lowest BCUT2D eigenvalue weighted by Crippen LogP contribution is -2.51. The molecule has 0 saturated carbocycles. The van der Waals surface area contributed by atoms with E-state index < -0.39 is 10.0 Å². The molecule has 1 saturated heterocycles. The number of rotatable bonds is 8. The third kappa shape index (κ3) is 5.64. The van der Waals surface area contributed by atoms with Crippen molar-refractivity contribution in [1.82, 2.24) is 14.1 Å². The zero-order chi connectivity index (χ0) is 22.4. The second-order valence-electron chi connectivity index (χ2n) is 7.73. The molecule has 2 aromatic rings. The largest absolute Gasteiger partial charge is 0.495 e. The quantitative estimate of drug-likeness (QED) is 0.624. The number of nitrogens with zero attached hydrogens (tertiary/aromatic N) is 3. The zero-order valence-corrected chi connectivity index (χ0v) is 19.3. The summed E-state index contributed by atoms with van der Waals surface area (Å²) in [6, 6.07) is 14.4. The van der Waals surface area contributed by atoms with Crippen LogP contribution in [-0.2, 0) is 21.4 Å². The van der Waals surface area contributed by atoms with E-state index in [0.29, 0.717) is 13.1 Å². The van der Waals surface area contributed by atoms with Gasteiger partial charge in [0.25, 0.3) is 0 Å². The highest BCUT2D eigenvalue weighted by molar-refractivity contribution is 7.89. The fraction of sp³-hybridized carbons (Fsp3) is 0.435. The van der Waals surface area contributed by atoms with Gasteiger partial charge in [0, 0.05) is 32.7 Å². The highest BCUT2D eigenvalue weighted by Crippen LogP contribution is 2.29. The normalized spacial score (nSPS) is 15.3. The van der Waals surface area contributed by atoms with Crippen LogP contribution >= 0.6 is 0 Å². The van der Waals surface area contributed by atoms with Gasteiger partial charge in [-0.3, -0.25) is 4.79 Å². The average molecular weight is 446 g/mol. The summed E-state index contributed by atoms with van der Waals surface area (Å²) in [5.41, 5.74) is 1.63. The van der Waals surface area contributed by atoms with Crippen molar-refractivity contribution < 1.29 is 17.9 Å². The summed E-state index contributed by atoms with van der Waals surface area (Å²) in [5, 5.41) is 0. The van der Waals surface area contributed by atoms with E-state index in [1.54, 1.807) is 23.1 Å². The van der Waals surface area contributed by atoms with Gasteiger partial charge in [0.05, 0.1) is 13.7 Å². The Kier molecular flexibility index (Phi) is 7.69. The SMILES string of the molecule is CCN1CCN(C(=O)CN(Cc2ccccc2)S(=O)(=O)c2cc(C)ccc2OC)CC1.